The van der Waals surface area contributed by atoms with Gasteiger partial charge in [-0.2, -0.15) is 22.3 Å². The van der Waals surface area contributed by atoms with Gasteiger partial charge in [0.25, 0.3) is 0 Å². The SMILES string of the molecule is O=C(N[S+]([O-])c1cccc2c1OC(F)(F)C(F)(F)O2)c1cc2c(F)cc(N3CCC3)cc2o1. The van der Waals surface area contributed by atoms with Gasteiger partial charge in [-0.15, -0.1) is 0 Å². The zero-order valence-electron chi connectivity index (χ0n) is 16.4. The summed E-state index contributed by atoms with van der Waals surface area (Å²) in [5, 5.41) is 0.0194. The van der Waals surface area contributed by atoms with Crippen LogP contribution in [0.15, 0.2) is 45.7 Å². The van der Waals surface area contributed by atoms with Crippen LogP contribution >= 0.6 is 0 Å². The molecule has 0 bridgehead atoms. The second-order valence-corrected chi connectivity index (χ2v) is 8.49. The lowest BCUT2D eigenvalue weighted by Crippen LogP contribution is -2.52. The molecule has 33 heavy (non-hydrogen) atoms. The number of halogens is 5. The molecule has 1 fully saturated rings. The molecule has 0 saturated carbocycles. The number of nitrogens with zero attached hydrogens (tertiary/aromatic N) is 1. The van der Waals surface area contributed by atoms with E-state index in [-0.39, 0.29) is 11.0 Å². The average molecular weight is 488 g/mol. The quantitative estimate of drug-likeness (QED) is 0.438. The van der Waals surface area contributed by atoms with Crippen molar-refractivity contribution in [1.82, 2.24) is 4.72 Å². The van der Waals surface area contributed by atoms with E-state index in [1.54, 1.807) is 6.07 Å². The van der Waals surface area contributed by atoms with Crippen molar-refractivity contribution in [3.8, 4) is 11.5 Å². The molecule has 2 aliphatic heterocycles. The summed E-state index contributed by atoms with van der Waals surface area (Å²) in [6, 6.07) is 7.02. The molecule has 2 aliphatic rings. The van der Waals surface area contributed by atoms with Crippen molar-refractivity contribution in [2.75, 3.05) is 18.0 Å². The maximum absolute atomic E-state index is 14.5. The van der Waals surface area contributed by atoms with Crippen molar-refractivity contribution < 1.29 is 45.2 Å². The van der Waals surface area contributed by atoms with Crippen LogP contribution in [-0.2, 0) is 11.4 Å². The highest BCUT2D eigenvalue weighted by Gasteiger charge is 2.66. The van der Waals surface area contributed by atoms with Crippen LogP contribution in [0.25, 0.3) is 11.0 Å². The van der Waals surface area contributed by atoms with E-state index in [9.17, 15) is 31.3 Å². The number of benzene rings is 2. The molecule has 0 aliphatic carbocycles. The first-order valence-electron chi connectivity index (χ1n) is 9.53. The number of furan rings is 1. The fourth-order valence-corrected chi connectivity index (χ4v) is 4.24. The van der Waals surface area contributed by atoms with Gasteiger partial charge in [0, 0.05) is 37.0 Å². The summed E-state index contributed by atoms with van der Waals surface area (Å²) in [6.07, 6.45) is -9.01. The maximum atomic E-state index is 14.5. The summed E-state index contributed by atoms with van der Waals surface area (Å²) < 4.78 is 96.4. The molecule has 2 aromatic carbocycles. The Kier molecular flexibility index (Phi) is 4.86. The second-order valence-electron chi connectivity index (χ2n) is 7.31. The van der Waals surface area contributed by atoms with Gasteiger partial charge in [-0.25, -0.2) is 4.39 Å². The van der Waals surface area contributed by atoms with Crippen LogP contribution in [0.4, 0.5) is 27.6 Å². The van der Waals surface area contributed by atoms with Crippen molar-refractivity contribution in [3.05, 3.63) is 48.0 Å². The predicted octanol–water partition coefficient (Wildman–Crippen LogP) is 4.19. The standard InChI is InChI=1S/C20H13F5N2O5S/c21-12-7-10(27-5-2-6-27)8-14-11(12)9-15(30-14)18(28)26-33(29)16-4-1-3-13-17(16)32-20(24,25)19(22,23)31-13/h1,3-4,7-9H,2,5-6H2,(H,26,28). The summed E-state index contributed by atoms with van der Waals surface area (Å²) in [5.41, 5.74) is 0.672. The van der Waals surface area contributed by atoms with Gasteiger partial charge in [0.1, 0.15) is 22.8 Å². The predicted molar refractivity (Wildman–Crippen MR) is 104 cm³/mol. The van der Waals surface area contributed by atoms with E-state index in [0.717, 1.165) is 43.8 Å². The number of anilines is 1. The Bertz CT molecular complexity index is 1260. The van der Waals surface area contributed by atoms with Crippen molar-refractivity contribution >= 4 is 33.9 Å². The smallest absolute Gasteiger partial charge is 0.507 e. The molecular formula is C20H13F5N2O5S. The third kappa shape index (κ3) is 3.60. The van der Waals surface area contributed by atoms with Gasteiger partial charge in [0.2, 0.25) is 10.6 Å². The third-order valence-corrected chi connectivity index (χ3v) is 6.24. The van der Waals surface area contributed by atoms with Crippen molar-refractivity contribution in [2.24, 2.45) is 0 Å². The first kappa shape index (κ1) is 21.6. The third-order valence-electron chi connectivity index (χ3n) is 5.15. The molecule has 0 radical (unpaired) electrons. The van der Waals surface area contributed by atoms with E-state index in [2.05, 4.69) is 9.47 Å². The van der Waals surface area contributed by atoms with E-state index in [0.29, 0.717) is 5.69 Å². The first-order valence-corrected chi connectivity index (χ1v) is 10.7. The molecule has 3 aromatic rings. The molecule has 1 N–H and O–H groups in total. The molecular weight excluding hydrogens is 475 g/mol. The van der Waals surface area contributed by atoms with Crippen LogP contribution in [-0.4, -0.2) is 35.8 Å². The normalized spacial score (nSPS) is 19.2. The van der Waals surface area contributed by atoms with Gasteiger partial charge >= 0.3 is 18.1 Å². The Morgan fingerprint density at radius 3 is 2.52 bits per heavy atom. The lowest BCUT2D eigenvalue weighted by atomic mass is 10.1. The van der Waals surface area contributed by atoms with Gasteiger partial charge in [0.05, 0.1) is 5.39 Å². The van der Waals surface area contributed by atoms with Gasteiger partial charge < -0.3 is 23.3 Å². The van der Waals surface area contributed by atoms with Crippen molar-refractivity contribution in [3.63, 3.8) is 0 Å². The lowest BCUT2D eigenvalue weighted by Gasteiger charge is -2.33. The maximum Gasteiger partial charge on any atom is 0.507 e. The number of amides is 1. The fraction of sp³-hybridized carbons (Fsp3) is 0.250. The summed E-state index contributed by atoms with van der Waals surface area (Å²) >= 11 is -2.54. The van der Waals surface area contributed by atoms with E-state index >= 15 is 0 Å². The van der Waals surface area contributed by atoms with Gasteiger partial charge in [-0.1, -0.05) is 6.07 Å². The van der Waals surface area contributed by atoms with Gasteiger partial charge in [0.15, 0.2) is 11.5 Å². The van der Waals surface area contributed by atoms with Crippen LogP contribution < -0.4 is 19.1 Å². The number of nitrogens with one attached hydrogen (secondary N) is 1. The monoisotopic (exact) mass is 488 g/mol. The first-order chi connectivity index (χ1) is 15.6. The molecule has 7 nitrogen and oxygen atoms in total. The topological polar surface area (TPSA) is 87.0 Å². The Hall–Kier alpha value is -3.19. The number of carbonyl (C=O) groups excluding carboxylic acids is 1. The lowest BCUT2D eigenvalue weighted by molar-refractivity contribution is -0.392. The van der Waals surface area contributed by atoms with E-state index in [4.69, 9.17) is 4.42 Å². The number of alkyl halides is 4. The molecule has 1 saturated heterocycles. The number of hydrogen-bond donors (Lipinski definition) is 1. The highest BCUT2D eigenvalue weighted by molar-refractivity contribution is 7.90. The molecule has 0 spiro atoms. The molecule has 174 valence electrons. The number of ether oxygens (including phenoxy) is 2. The minimum absolute atomic E-state index is 0.0194. The number of hydrogen-bond acceptors (Lipinski definition) is 6. The van der Waals surface area contributed by atoms with Gasteiger partial charge in [-0.05, 0) is 18.6 Å². The van der Waals surface area contributed by atoms with Crippen molar-refractivity contribution in [1.29, 1.82) is 0 Å². The largest absolute Gasteiger partial charge is 0.588 e. The van der Waals surface area contributed by atoms with Crippen LogP contribution in [0.1, 0.15) is 17.0 Å². The molecule has 5 rings (SSSR count). The zero-order valence-corrected chi connectivity index (χ0v) is 17.2. The molecule has 3 heterocycles. The number of rotatable bonds is 4. The van der Waals surface area contributed by atoms with Gasteiger partial charge in [-0.3, -0.25) is 4.79 Å². The molecule has 1 unspecified atom stereocenters. The molecule has 1 aromatic heterocycles. The van der Waals surface area contributed by atoms with E-state index in [1.165, 1.54) is 6.07 Å². The fourth-order valence-electron chi connectivity index (χ4n) is 3.35. The van der Waals surface area contributed by atoms with Crippen LogP contribution in [0.3, 0.4) is 0 Å². The Morgan fingerprint density at radius 2 is 1.82 bits per heavy atom. The van der Waals surface area contributed by atoms with E-state index < -0.39 is 57.5 Å². The number of carbonyl (C=O) groups is 1. The summed E-state index contributed by atoms with van der Waals surface area (Å²) in [4.78, 5) is 13.9. The van der Waals surface area contributed by atoms with E-state index in [1.807, 2.05) is 9.62 Å². The number of para-hydroxylation sites is 1. The molecule has 1 atom stereocenters. The van der Waals surface area contributed by atoms with Crippen LogP contribution in [0.5, 0.6) is 11.5 Å². The minimum atomic E-state index is -5.03. The van der Waals surface area contributed by atoms with Crippen LogP contribution in [0, 0.1) is 5.82 Å². The highest BCUT2D eigenvalue weighted by Crippen LogP contribution is 2.49. The van der Waals surface area contributed by atoms with Crippen LogP contribution in [0.2, 0.25) is 0 Å². The summed E-state index contributed by atoms with van der Waals surface area (Å²) in [5.74, 6) is -3.76. The minimum Gasteiger partial charge on any atom is -0.588 e. The molecule has 13 heteroatoms. The summed E-state index contributed by atoms with van der Waals surface area (Å²) in [7, 11) is 0. The Balaban J connectivity index is 1.40. The average Bonchev–Trinajstić information content (AvgIpc) is 3.11. The number of fused-ring (bicyclic) bond motifs is 2. The summed E-state index contributed by atoms with van der Waals surface area (Å²) in [6.45, 7) is 1.52. The second kappa shape index (κ2) is 7.42. The molecule has 1 amide bonds. The Labute approximate surface area is 185 Å². The zero-order chi connectivity index (χ0) is 23.5. The Morgan fingerprint density at radius 1 is 1.09 bits per heavy atom. The van der Waals surface area contributed by atoms with Crippen molar-refractivity contribution in [2.45, 2.75) is 23.5 Å². The highest BCUT2D eigenvalue weighted by atomic mass is 32.2.